The van der Waals surface area contributed by atoms with Crippen LogP contribution in [0.2, 0.25) is 0 Å². The molecule has 0 spiro atoms. The molecule has 0 aromatic rings. The lowest BCUT2D eigenvalue weighted by molar-refractivity contribution is 0.165. The molecule has 0 saturated carbocycles. The number of nitrogens with two attached hydrogens (primary N) is 1. The van der Waals surface area contributed by atoms with E-state index in [2.05, 4.69) is 11.8 Å². The summed E-state index contributed by atoms with van der Waals surface area (Å²) in [6, 6.07) is 0.159. The third-order valence-electron chi connectivity index (χ3n) is 3.63. The van der Waals surface area contributed by atoms with E-state index in [-0.39, 0.29) is 6.03 Å². The molecule has 0 aromatic carbocycles. The first kappa shape index (κ1) is 15.2. The van der Waals surface area contributed by atoms with Crippen LogP contribution in [0.25, 0.3) is 0 Å². The van der Waals surface area contributed by atoms with E-state index in [1.807, 2.05) is 18.9 Å². The van der Waals surface area contributed by atoms with E-state index in [0.717, 1.165) is 52.2 Å². The summed E-state index contributed by atoms with van der Waals surface area (Å²) < 4.78 is 0. The summed E-state index contributed by atoms with van der Waals surface area (Å²) in [5.41, 5.74) is 5.66. The van der Waals surface area contributed by atoms with Crippen LogP contribution in [-0.2, 0) is 0 Å². The molecule has 0 bridgehead atoms. The summed E-state index contributed by atoms with van der Waals surface area (Å²) in [4.78, 5) is 18.3. The lowest BCUT2D eigenvalue weighted by Crippen LogP contribution is -2.43. The van der Waals surface area contributed by atoms with Gasteiger partial charge in [0, 0.05) is 39.8 Å². The van der Waals surface area contributed by atoms with E-state index in [0.29, 0.717) is 5.92 Å². The number of rotatable bonds is 4. The Morgan fingerprint density at radius 3 is 2.67 bits per heavy atom. The Labute approximate surface area is 111 Å². The summed E-state index contributed by atoms with van der Waals surface area (Å²) in [7, 11) is 1.86. The maximum absolute atomic E-state index is 12.1. The smallest absolute Gasteiger partial charge is 0.319 e. The molecule has 18 heavy (non-hydrogen) atoms. The molecule has 2 amide bonds. The van der Waals surface area contributed by atoms with Crippen LogP contribution in [0.5, 0.6) is 0 Å². The summed E-state index contributed by atoms with van der Waals surface area (Å²) >= 11 is 0. The summed E-state index contributed by atoms with van der Waals surface area (Å²) in [6.45, 7) is 10.5. The van der Waals surface area contributed by atoms with Crippen molar-refractivity contribution >= 4 is 6.03 Å². The molecule has 1 atom stereocenters. The number of hydrogen-bond acceptors (Lipinski definition) is 3. The molecular weight excluding hydrogens is 228 g/mol. The second-order valence-electron chi connectivity index (χ2n) is 5.28. The number of amides is 2. The van der Waals surface area contributed by atoms with Gasteiger partial charge in [-0.2, -0.15) is 0 Å². The molecule has 106 valence electrons. The molecular formula is C13H28N4O. The molecule has 1 fully saturated rings. The molecule has 5 heteroatoms. The van der Waals surface area contributed by atoms with Gasteiger partial charge in [-0.1, -0.05) is 6.92 Å². The van der Waals surface area contributed by atoms with Gasteiger partial charge in [-0.25, -0.2) is 4.79 Å². The van der Waals surface area contributed by atoms with Crippen LogP contribution in [0.15, 0.2) is 0 Å². The van der Waals surface area contributed by atoms with Gasteiger partial charge in [0.1, 0.15) is 0 Å². The topological polar surface area (TPSA) is 52.8 Å². The van der Waals surface area contributed by atoms with E-state index in [1.54, 1.807) is 4.90 Å². The fourth-order valence-electron chi connectivity index (χ4n) is 2.24. The Morgan fingerprint density at radius 1 is 1.33 bits per heavy atom. The minimum atomic E-state index is 0.159. The van der Waals surface area contributed by atoms with E-state index >= 15 is 0 Å². The van der Waals surface area contributed by atoms with Crippen LogP contribution in [0, 0.1) is 5.92 Å². The van der Waals surface area contributed by atoms with Crippen LogP contribution in [-0.4, -0.2) is 73.6 Å². The number of carbonyl (C=O) groups is 1. The van der Waals surface area contributed by atoms with Crippen LogP contribution in [0.1, 0.15) is 20.3 Å². The fraction of sp³-hybridized carbons (Fsp3) is 0.923. The van der Waals surface area contributed by atoms with Gasteiger partial charge in [-0.05, 0) is 32.4 Å². The number of urea groups is 1. The molecule has 1 heterocycles. The molecule has 1 aliphatic heterocycles. The second-order valence-corrected chi connectivity index (χ2v) is 5.28. The van der Waals surface area contributed by atoms with Crippen molar-refractivity contribution in [3.05, 3.63) is 0 Å². The zero-order valence-electron chi connectivity index (χ0n) is 12.1. The third kappa shape index (κ3) is 4.46. The van der Waals surface area contributed by atoms with Crippen LogP contribution >= 0.6 is 0 Å². The molecule has 5 nitrogen and oxygen atoms in total. The van der Waals surface area contributed by atoms with Gasteiger partial charge < -0.3 is 20.4 Å². The van der Waals surface area contributed by atoms with E-state index in [1.165, 1.54) is 0 Å². The van der Waals surface area contributed by atoms with Crippen LogP contribution in [0.4, 0.5) is 4.79 Å². The van der Waals surface area contributed by atoms with Crippen molar-refractivity contribution < 1.29 is 4.79 Å². The zero-order valence-corrected chi connectivity index (χ0v) is 12.1. The van der Waals surface area contributed by atoms with Gasteiger partial charge in [-0.15, -0.1) is 0 Å². The summed E-state index contributed by atoms with van der Waals surface area (Å²) in [5.74, 6) is 0.533. The van der Waals surface area contributed by atoms with Crippen molar-refractivity contribution in [2.45, 2.75) is 20.3 Å². The second kappa shape index (κ2) is 7.59. The largest absolute Gasteiger partial charge is 0.330 e. The van der Waals surface area contributed by atoms with Gasteiger partial charge >= 0.3 is 6.03 Å². The Balaban J connectivity index is 2.43. The van der Waals surface area contributed by atoms with Gasteiger partial charge in [0.25, 0.3) is 0 Å². The molecule has 0 radical (unpaired) electrons. The lowest BCUT2D eigenvalue weighted by atomic mass is 10.1. The minimum Gasteiger partial charge on any atom is -0.330 e. The maximum atomic E-state index is 12.1. The first-order valence-corrected chi connectivity index (χ1v) is 7.01. The Bertz CT molecular complexity index is 259. The average molecular weight is 256 g/mol. The first-order chi connectivity index (χ1) is 8.58. The maximum Gasteiger partial charge on any atom is 0.319 e. The number of nitrogens with zero attached hydrogens (tertiary/aromatic N) is 3. The van der Waals surface area contributed by atoms with E-state index in [9.17, 15) is 4.79 Å². The van der Waals surface area contributed by atoms with E-state index in [4.69, 9.17) is 5.73 Å². The quantitative estimate of drug-likeness (QED) is 0.804. The average Bonchev–Trinajstić information content (AvgIpc) is 2.62. The molecule has 0 aromatic heterocycles. The van der Waals surface area contributed by atoms with Gasteiger partial charge in [0.15, 0.2) is 0 Å². The van der Waals surface area contributed by atoms with Crippen LogP contribution < -0.4 is 5.73 Å². The first-order valence-electron chi connectivity index (χ1n) is 7.01. The van der Waals surface area contributed by atoms with Gasteiger partial charge in [0.05, 0.1) is 0 Å². The monoisotopic (exact) mass is 256 g/mol. The lowest BCUT2D eigenvalue weighted by Gasteiger charge is -2.27. The van der Waals surface area contributed by atoms with Crippen molar-refractivity contribution in [3.8, 4) is 0 Å². The molecule has 1 aliphatic rings. The van der Waals surface area contributed by atoms with Gasteiger partial charge in [-0.3, -0.25) is 0 Å². The third-order valence-corrected chi connectivity index (χ3v) is 3.63. The summed E-state index contributed by atoms with van der Waals surface area (Å²) in [5, 5.41) is 0. The molecule has 1 saturated heterocycles. The highest BCUT2D eigenvalue weighted by molar-refractivity contribution is 5.74. The van der Waals surface area contributed by atoms with Gasteiger partial charge in [0.2, 0.25) is 0 Å². The highest BCUT2D eigenvalue weighted by Gasteiger charge is 2.21. The molecule has 1 unspecified atom stereocenters. The standard InChI is InChI=1S/C13H28N4O/c1-4-15(3)13(18)17-7-5-6-16(8-9-17)11-12(2)10-14/h12H,4-11,14H2,1-3H3. The van der Waals surface area contributed by atoms with Crippen molar-refractivity contribution in [1.29, 1.82) is 0 Å². The van der Waals surface area contributed by atoms with Crippen molar-refractivity contribution in [3.63, 3.8) is 0 Å². The Kier molecular flexibility index (Phi) is 6.43. The fourth-order valence-corrected chi connectivity index (χ4v) is 2.24. The highest BCUT2D eigenvalue weighted by atomic mass is 16.2. The molecule has 0 aliphatic carbocycles. The highest BCUT2D eigenvalue weighted by Crippen LogP contribution is 2.07. The minimum absolute atomic E-state index is 0.159. The summed E-state index contributed by atoms with van der Waals surface area (Å²) in [6.07, 6.45) is 1.06. The van der Waals surface area contributed by atoms with Crippen molar-refractivity contribution in [2.75, 3.05) is 52.9 Å². The van der Waals surface area contributed by atoms with Crippen molar-refractivity contribution in [1.82, 2.24) is 14.7 Å². The predicted octanol–water partition coefficient (Wildman–Crippen LogP) is 0.661. The zero-order chi connectivity index (χ0) is 13.5. The van der Waals surface area contributed by atoms with Crippen LogP contribution in [0.3, 0.4) is 0 Å². The SMILES string of the molecule is CCN(C)C(=O)N1CCCN(CC(C)CN)CC1. The predicted molar refractivity (Wildman–Crippen MR) is 74.5 cm³/mol. The Hall–Kier alpha value is -0.810. The van der Waals surface area contributed by atoms with E-state index < -0.39 is 0 Å². The number of hydrogen-bond donors (Lipinski definition) is 1. The molecule has 2 N–H and O–H groups in total. The van der Waals surface area contributed by atoms with Crippen molar-refractivity contribution in [2.24, 2.45) is 11.7 Å². The normalized spacial score (nSPS) is 19.4. The Morgan fingerprint density at radius 2 is 2.06 bits per heavy atom. The molecule has 1 rings (SSSR count). The number of carbonyl (C=O) groups excluding carboxylic acids is 1.